The third-order valence-electron chi connectivity index (χ3n) is 8.94. The molecule has 7 rings (SSSR count). The predicted octanol–water partition coefficient (Wildman–Crippen LogP) is 5.98. The number of benzene rings is 3. The zero-order valence-electron chi connectivity index (χ0n) is 22.3. The van der Waals surface area contributed by atoms with Crippen molar-refractivity contribution in [1.29, 1.82) is 0 Å². The molecule has 206 valence electrons. The van der Waals surface area contributed by atoms with Crippen LogP contribution >= 0.6 is 0 Å². The smallest absolute Gasteiger partial charge is 0.335 e. The van der Waals surface area contributed by atoms with Crippen LogP contribution in [0.15, 0.2) is 78.9 Å². The van der Waals surface area contributed by atoms with E-state index in [1.165, 1.54) is 24.1 Å². The number of amides is 1. The number of hydrogen-bond donors (Lipinski definition) is 2. The second-order valence-electron chi connectivity index (χ2n) is 11.8. The molecule has 2 N–H and O–H groups in total. The van der Waals surface area contributed by atoms with Crippen molar-refractivity contribution in [2.45, 2.75) is 50.5 Å². The highest BCUT2D eigenvalue weighted by Gasteiger charge is 2.61. The number of carboxylic acid groups (broad SMARTS) is 1. The van der Waals surface area contributed by atoms with Gasteiger partial charge in [0.15, 0.2) is 6.61 Å². The third-order valence-corrected chi connectivity index (χ3v) is 8.94. The summed E-state index contributed by atoms with van der Waals surface area (Å²) >= 11 is 0. The molecule has 0 aliphatic heterocycles. The first-order chi connectivity index (χ1) is 19.3. The Morgan fingerprint density at radius 1 is 0.875 bits per heavy atom. The molecule has 4 saturated carbocycles. The summed E-state index contributed by atoms with van der Waals surface area (Å²) in [6.45, 7) is 0.122. The van der Waals surface area contributed by atoms with Crippen molar-refractivity contribution in [3.8, 4) is 5.75 Å². The molecule has 7 nitrogen and oxygen atoms in total. The van der Waals surface area contributed by atoms with Gasteiger partial charge in [0.1, 0.15) is 12.4 Å². The Bertz CT molecular complexity index is 1400. The molecule has 0 spiro atoms. The van der Waals surface area contributed by atoms with Gasteiger partial charge >= 0.3 is 11.9 Å². The summed E-state index contributed by atoms with van der Waals surface area (Å²) in [7, 11) is 0. The van der Waals surface area contributed by atoms with Gasteiger partial charge in [-0.1, -0.05) is 48.5 Å². The van der Waals surface area contributed by atoms with Gasteiger partial charge in [-0.25, -0.2) is 4.79 Å². The molecule has 40 heavy (non-hydrogen) atoms. The molecule has 2 unspecified atom stereocenters. The maximum atomic E-state index is 13.5. The lowest BCUT2D eigenvalue weighted by Gasteiger charge is -2.61. The molecular formula is C33H33NO6. The molecule has 3 aromatic rings. The SMILES string of the molecule is O=C(COc1ccc(C23CC4CC(CC(C(=O)OCc5ccccc5)(C4)C2)C3)cc1)Nc1cccc(C(=O)O)c1. The van der Waals surface area contributed by atoms with Crippen LogP contribution in [0.1, 0.15) is 60.0 Å². The maximum Gasteiger partial charge on any atom is 0.335 e. The minimum atomic E-state index is -1.05. The quantitative estimate of drug-likeness (QED) is 0.324. The van der Waals surface area contributed by atoms with E-state index in [0.717, 1.165) is 37.7 Å². The lowest BCUT2D eigenvalue weighted by Crippen LogP contribution is -2.57. The van der Waals surface area contributed by atoms with Crippen LogP contribution in [0.25, 0.3) is 0 Å². The fourth-order valence-electron chi connectivity index (χ4n) is 7.70. The van der Waals surface area contributed by atoms with Gasteiger partial charge in [0.25, 0.3) is 5.91 Å². The molecule has 2 atom stereocenters. The lowest BCUT2D eigenvalue weighted by molar-refractivity contribution is -0.175. The van der Waals surface area contributed by atoms with E-state index < -0.39 is 11.4 Å². The minimum absolute atomic E-state index is 0.0408. The summed E-state index contributed by atoms with van der Waals surface area (Å²) < 4.78 is 11.6. The van der Waals surface area contributed by atoms with E-state index in [4.69, 9.17) is 14.6 Å². The Balaban J connectivity index is 1.10. The van der Waals surface area contributed by atoms with Crippen molar-refractivity contribution in [2.24, 2.45) is 17.3 Å². The summed E-state index contributed by atoms with van der Waals surface area (Å²) in [6.07, 6.45) is 6.04. The van der Waals surface area contributed by atoms with E-state index in [-0.39, 0.29) is 29.5 Å². The number of ether oxygens (including phenoxy) is 2. The van der Waals surface area contributed by atoms with Crippen LogP contribution in [0, 0.1) is 17.3 Å². The molecule has 0 aromatic heterocycles. The monoisotopic (exact) mass is 539 g/mol. The van der Waals surface area contributed by atoms with Gasteiger partial charge in [-0.05, 0) is 97.2 Å². The molecule has 3 aromatic carbocycles. The van der Waals surface area contributed by atoms with Crippen LogP contribution < -0.4 is 10.1 Å². The first-order valence-corrected chi connectivity index (χ1v) is 13.9. The van der Waals surface area contributed by atoms with Gasteiger partial charge in [0.2, 0.25) is 0 Å². The van der Waals surface area contributed by atoms with Crippen LogP contribution in [0.3, 0.4) is 0 Å². The van der Waals surface area contributed by atoms with Crippen molar-refractivity contribution in [1.82, 2.24) is 0 Å². The number of carboxylic acids is 1. The zero-order valence-corrected chi connectivity index (χ0v) is 22.3. The van der Waals surface area contributed by atoms with Crippen molar-refractivity contribution in [3.63, 3.8) is 0 Å². The predicted molar refractivity (Wildman–Crippen MR) is 149 cm³/mol. The largest absolute Gasteiger partial charge is 0.484 e. The van der Waals surface area contributed by atoms with E-state index >= 15 is 0 Å². The van der Waals surface area contributed by atoms with Gasteiger partial charge in [0, 0.05) is 5.69 Å². The normalized spacial score (nSPS) is 26.2. The standard InChI is InChI=1S/C33H33NO6/c35-29(34-27-8-4-7-25(14-27)30(36)37)20-39-28-11-9-26(10-12-28)32-15-23-13-24(16-32)18-33(17-23,21-32)31(38)40-19-22-5-2-1-3-6-22/h1-12,14,23-24H,13,15-21H2,(H,34,35)(H,36,37). The average molecular weight is 540 g/mol. The number of esters is 1. The van der Waals surface area contributed by atoms with Crippen molar-refractivity contribution >= 4 is 23.5 Å². The molecule has 0 radical (unpaired) electrons. The van der Waals surface area contributed by atoms with Crippen LogP contribution in [0.2, 0.25) is 0 Å². The van der Waals surface area contributed by atoms with E-state index in [1.807, 2.05) is 42.5 Å². The molecular weight excluding hydrogens is 506 g/mol. The molecule has 4 fully saturated rings. The van der Waals surface area contributed by atoms with E-state index in [2.05, 4.69) is 17.4 Å². The van der Waals surface area contributed by atoms with Gasteiger partial charge in [-0.15, -0.1) is 0 Å². The Morgan fingerprint density at radius 3 is 2.30 bits per heavy atom. The third kappa shape index (κ3) is 5.20. The Morgan fingerprint density at radius 2 is 1.60 bits per heavy atom. The Labute approximate surface area is 233 Å². The van der Waals surface area contributed by atoms with Gasteiger partial charge in [-0.2, -0.15) is 0 Å². The number of carbonyl (C=O) groups excluding carboxylic acids is 2. The maximum absolute atomic E-state index is 13.5. The number of nitrogens with one attached hydrogen (secondary N) is 1. The summed E-state index contributed by atoms with van der Waals surface area (Å²) in [5.74, 6) is 0.175. The fourth-order valence-corrected chi connectivity index (χ4v) is 7.70. The first kappa shape index (κ1) is 26.1. The number of anilines is 1. The van der Waals surface area contributed by atoms with Crippen LogP contribution in [-0.2, 0) is 26.3 Å². The van der Waals surface area contributed by atoms with Gasteiger partial charge < -0.3 is 19.9 Å². The van der Waals surface area contributed by atoms with Crippen molar-refractivity contribution in [3.05, 3.63) is 95.6 Å². The van der Waals surface area contributed by atoms with Crippen molar-refractivity contribution < 1.29 is 29.0 Å². The molecule has 1 amide bonds. The number of carbonyl (C=O) groups is 3. The summed E-state index contributed by atoms with van der Waals surface area (Å²) in [5, 5.41) is 11.8. The number of aromatic carboxylic acids is 1. The Kier molecular flexibility index (Phi) is 6.82. The second kappa shape index (κ2) is 10.5. The summed E-state index contributed by atoms with van der Waals surface area (Å²) in [4.78, 5) is 37.1. The average Bonchev–Trinajstić information content (AvgIpc) is 2.95. The van der Waals surface area contributed by atoms with E-state index in [1.54, 1.807) is 12.1 Å². The lowest BCUT2D eigenvalue weighted by atomic mass is 9.43. The van der Waals surface area contributed by atoms with Gasteiger partial charge in [-0.3, -0.25) is 9.59 Å². The highest BCUT2D eigenvalue weighted by Crippen LogP contribution is 2.66. The first-order valence-electron chi connectivity index (χ1n) is 13.9. The van der Waals surface area contributed by atoms with Crippen LogP contribution in [-0.4, -0.2) is 29.6 Å². The summed E-state index contributed by atoms with van der Waals surface area (Å²) in [5.41, 5.74) is 2.29. The molecule has 4 aliphatic rings. The van der Waals surface area contributed by atoms with E-state index in [0.29, 0.717) is 29.9 Å². The minimum Gasteiger partial charge on any atom is -0.484 e. The molecule has 4 bridgehead atoms. The van der Waals surface area contributed by atoms with Crippen LogP contribution in [0.5, 0.6) is 5.75 Å². The Hall–Kier alpha value is -4.13. The second-order valence-corrected chi connectivity index (χ2v) is 11.8. The molecule has 0 saturated heterocycles. The zero-order chi connectivity index (χ0) is 27.7. The molecule has 4 aliphatic carbocycles. The number of rotatable bonds is 9. The van der Waals surface area contributed by atoms with Crippen molar-refractivity contribution in [2.75, 3.05) is 11.9 Å². The fraction of sp³-hybridized carbons (Fsp3) is 0.364. The molecule has 7 heteroatoms. The van der Waals surface area contributed by atoms with Gasteiger partial charge in [0.05, 0.1) is 11.0 Å². The van der Waals surface area contributed by atoms with Crippen LogP contribution in [0.4, 0.5) is 5.69 Å². The molecule has 0 heterocycles. The topological polar surface area (TPSA) is 102 Å². The summed E-state index contributed by atoms with van der Waals surface area (Å²) in [6, 6.07) is 23.9. The number of hydrogen-bond acceptors (Lipinski definition) is 5. The highest BCUT2D eigenvalue weighted by molar-refractivity contribution is 5.94. The highest BCUT2D eigenvalue weighted by atomic mass is 16.5. The van der Waals surface area contributed by atoms with E-state index in [9.17, 15) is 14.4 Å².